The van der Waals surface area contributed by atoms with E-state index in [1.165, 1.54) is 12.6 Å². The van der Waals surface area contributed by atoms with Gasteiger partial charge in [-0.05, 0) is 38.4 Å². The topological polar surface area (TPSA) is 65.1 Å². The lowest BCUT2D eigenvalue weighted by atomic mass is 9.98. The second-order valence-electron chi connectivity index (χ2n) is 6.99. The van der Waals surface area contributed by atoms with Crippen LogP contribution in [0.25, 0.3) is 5.57 Å². The number of dihydropyridines is 1. The molecule has 1 fully saturated rings. The minimum absolute atomic E-state index is 0.0599. The normalized spacial score (nSPS) is 25.4. The molecule has 4 heterocycles. The summed E-state index contributed by atoms with van der Waals surface area (Å²) in [4.78, 5) is 10.9. The molecule has 26 heavy (non-hydrogen) atoms. The van der Waals surface area contributed by atoms with E-state index in [0.29, 0.717) is 23.3 Å². The van der Waals surface area contributed by atoms with Crippen LogP contribution >= 0.6 is 11.6 Å². The standard InChI is InChI=1S/C18H22ClFN6/c1-26-4-2-3-11(10-26)6-21-18-15(20)9-24-17(25-18)14-8-23-16-13(14)5-12(19)7-22-16/h5,7-9,11,16,22-23H,2-4,6,10H2,1H3,(H,21,24,25). The molecule has 2 unspecified atom stereocenters. The molecule has 0 spiro atoms. The van der Waals surface area contributed by atoms with Crippen LogP contribution in [-0.2, 0) is 0 Å². The summed E-state index contributed by atoms with van der Waals surface area (Å²) >= 11 is 6.09. The van der Waals surface area contributed by atoms with E-state index in [4.69, 9.17) is 11.6 Å². The maximum absolute atomic E-state index is 14.2. The second-order valence-corrected chi connectivity index (χ2v) is 7.43. The fraction of sp³-hybridized carbons (Fsp3) is 0.444. The van der Waals surface area contributed by atoms with Gasteiger partial charge in [0, 0.05) is 36.6 Å². The Morgan fingerprint density at radius 3 is 3.08 bits per heavy atom. The first-order valence-corrected chi connectivity index (χ1v) is 9.23. The molecule has 1 saturated heterocycles. The van der Waals surface area contributed by atoms with Crippen molar-refractivity contribution >= 4 is 23.0 Å². The minimum atomic E-state index is -0.435. The summed E-state index contributed by atoms with van der Waals surface area (Å²) in [6.45, 7) is 2.86. The lowest BCUT2D eigenvalue weighted by Gasteiger charge is -2.29. The fourth-order valence-electron chi connectivity index (χ4n) is 3.64. The van der Waals surface area contributed by atoms with Gasteiger partial charge in [0.05, 0.1) is 11.2 Å². The van der Waals surface area contributed by atoms with Gasteiger partial charge in [-0.1, -0.05) is 11.6 Å². The smallest absolute Gasteiger partial charge is 0.183 e. The molecule has 4 rings (SSSR count). The van der Waals surface area contributed by atoms with Crippen LogP contribution in [0.15, 0.2) is 35.3 Å². The molecule has 0 amide bonds. The first-order valence-electron chi connectivity index (χ1n) is 8.85. The van der Waals surface area contributed by atoms with Gasteiger partial charge in [-0.25, -0.2) is 14.4 Å². The van der Waals surface area contributed by atoms with E-state index in [-0.39, 0.29) is 12.0 Å². The number of anilines is 1. The van der Waals surface area contributed by atoms with E-state index in [1.807, 2.05) is 12.3 Å². The number of hydrogen-bond acceptors (Lipinski definition) is 6. The van der Waals surface area contributed by atoms with Gasteiger partial charge in [0.2, 0.25) is 0 Å². The number of piperidine rings is 1. The van der Waals surface area contributed by atoms with Crippen LogP contribution in [0.1, 0.15) is 18.7 Å². The van der Waals surface area contributed by atoms with Crippen molar-refractivity contribution in [3.63, 3.8) is 0 Å². The Kier molecular flexibility index (Phi) is 4.82. The molecule has 0 radical (unpaired) electrons. The SMILES string of the molecule is CN1CCCC(CNc2nc(C3=CNC4NC=C(Cl)C=C34)ncc2F)C1. The van der Waals surface area contributed by atoms with Gasteiger partial charge in [0.15, 0.2) is 17.5 Å². The number of nitrogens with one attached hydrogen (secondary N) is 3. The first kappa shape index (κ1) is 17.3. The maximum atomic E-state index is 14.2. The number of nitrogens with zero attached hydrogens (tertiary/aromatic N) is 3. The van der Waals surface area contributed by atoms with Crippen LogP contribution in [0, 0.1) is 11.7 Å². The minimum Gasteiger partial charge on any atom is -0.367 e. The van der Waals surface area contributed by atoms with E-state index in [0.717, 1.165) is 30.7 Å². The molecule has 0 aliphatic carbocycles. The van der Waals surface area contributed by atoms with Gasteiger partial charge in [-0.3, -0.25) is 0 Å². The Morgan fingerprint density at radius 2 is 2.23 bits per heavy atom. The Labute approximate surface area is 157 Å². The predicted octanol–water partition coefficient (Wildman–Crippen LogP) is 2.25. The van der Waals surface area contributed by atoms with Crippen LogP contribution < -0.4 is 16.0 Å². The average molecular weight is 377 g/mol. The molecule has 0 bridgehead atoms. The number of allylic oxidation sites excluding steroid dienone is 2. The molecule has 3 aliphatic rings. The molecule has 3 N–H and O–H groups in total. The third kappa shape index (κ3) is 3.54. The van der Waals surface area contributed by atoms with Crippen molar-refractivity contribution in [2.45, 2.75) is 19.0 Å². The molecule has 6 nitrogen and oxygen atoms in total. The molecule has 1 aromatic heterocycles. The molecule has 8 heteroatoms. The molecular formula is C18H22ClFN6. The number of aromatic nitrogens is 2. The zero-order valence-electron chi connectivity index (χ0n) is 14.6. The van der Waals surface area contributed by atoms with E-state index in [2.05, 4.69) is 37.9 Å². The van der Waals surface area contributed by atoms with E-state index >= 15 is 0 Å². The van der Waals surface area contributed by atoms with E-state index in [1.54, 1.807) is 6.20 Å². The predicted molar refractivity (Wildman–Crippen MR) is 101 cm³/mol. The van der Waals surface area contributed by atoms with Crippen molar-refractivity contribution in [2.75, 3.05) is 32.0 Å². The van der Waals surface area contributed by atoms with E-state index < -0.39 is 5.82 Å². The zero-order valence-corrected chi connectivity index (χ0v) is 15.4. The summed E-state index contributed by atoms with van der Waals surface area (Å²) in [6.07, 6.45) is 8.92. The number of rotatable bonds is 4. The van der Waals surface area contributed by atoms with Gasteiger partial charge >= 0.3 is 0 Å². The summed E-state index contributed by atoms with van der Waals surface area (Å²) in [5, 5.41) is 10.1. The molecule has 2 atom stereocenters. The van der Waals surface area contributed by atoms with Crippen molar-refractivity contribution in [2.24, 2.45) is 5.92 Å². The van der Waals surface area contributed by atoms with Gasteiger partial charge < -0.3 is 20.9 Å². The first-order chi connectivity index (χ1) is 12.6. The van der Waals surface area contributed by atoms with Crippen LogP contribution in [0.4, 0.5) is 10.2 Å². The maximum Gasteiger partial charge on any atom is 0.183 e. The highest BCUT2D eigenvalue weighted by Gasteiger charge is 2.28. The van der Waals surface area contributed by atoms with E-state index in [9.17, 15) is 4.39 Å². The van der Waals surface area contributed by atoms with Gasteiger partial charge in [0.25, 0.3) is 0 Å². The highest BCUT2D eigenvalue weighted by atomic mass is 35.5. The summed E-state index contributed by atoms with van der Waals surface area (Å²) in [5.74, 6) is 0.787. The van der Waals surface area contributed by atoms with Gasteiger partial charge in [-0.2, -0.15) is 0 Å². The summed E-state index contributed by atoms with van der Waals surface area (Å²) in [7, 11) is 2.12. The van der Waals surface area contributed by atoms with Crippen molar-refractivity contribution in [1.82, 2.24) is 25.5 Å². The molecule has 3 aliphatic heterocycles. The van der Waals surface area contributed by atoms with Crippen LogP contribution in [0.2, 0.25) is 0 Å². The van der Waals surface area contributed by atoms with Gasteiger partial charge in [0.1, 0.15) is 6.17 Å². The van der Waals surface area contributed by atoms with Gasteiger partial charge in [-0.15, -0.1) is 0 Å². The number of likely N-dealkylation sites (tertiary alicyclic amines) is 1. The largest absolute Gasteiger partial charge is 0.367 e. The Bertz CT molecular complexity index is 790. The van der Waals surface area contributed by atoms with Crippen molar-refractivity contribution in [3.8, 4) is 0 Å². The van der Waals surface area contributed by atoms with Crippen LogP contribution in [-0.4, -0.2) is 47.7 Å². The lowest BCUT2D eigenvalue weighted by Crippen LogP contribution is -2.36. The zero-order chi connectivity index (χ0) is 18.1. The monoisotopic (exact) mass is 376 g/mol. The van der Waals surface area contributed by atoms with Crippen LogP contribution in [0.5, 0.6) is 0 Å². The molecule has 1 aromatic rings. The van der Waals surface area contributed by atoms with Crippen molar-refractivity contribution in [1.29, 1.82) is 0 Å². The Balaban J connectivity index is 1.50. The van der Waals surface area contributed by atoms with Crippen molar-refractivity contribution in [3.05, 3.63) is 46.9 Å². The Morgan fingerprint density at radius 1 is 1.38 bits per heavy atom. The molecule has 138 valence electrons. The van der Waals surface area contributed by atoms with Crippen LogP contribution in [0.3, 0.4) is 0 Å². The number of hydrogen-bond donors (Lipinski definition) is 3. The second kappa shape index (κ2) is 7.25. The number of halogens is 2. The summed E-state index contributed by atoms with van der Waals surface area (Å²) in [5.41, 5.74) is 1.76. The third-order valence-corrected chi connectivity index (χ3v) is 5.18. The third-order valence-electron chi connectivity index (χ3n) is 4.96. The molecule has 0 saturated carbocycles. The number of fused-ring (bicyclic) bond motifs is 1. The summed E-state index contributed by atoms with van der Waals surface area (Å²) in [6, 6.07) is 0. The quantitative estimate of drug-likeness (QED) is 0.749. The molecule has 0 aromatic carbocycles. The fourth-order valence-corrected chi connectivity index (χ4v) is 3.82. The molecular weight excluding hydrogens is 355 g/mol. The highest BCUT2D eigenvalue weighted by Crippen LogP contribution is 2.31. The highest BCUT2D eigenvalue weighted by molar-refractivity contribution is 6.31. The Hall–Kier alpha value is -2.12. The average Bonchev–Trinajstić information content (AvgIpc) is 3.04. The van der Waals surface area contributed by atoms with Crippen molar-refractivity contribution < 1.29 is 4.39 Å². The summed E-state index contributed by atoms with van der Waals surface area (Å²) < 4.78 is 14.2. The lowest BCUT2D eigenvalue weighted by molar-refractivity contribution is 0.217.